The fraction of sp³-hybridized carbons (Fsp3) is 0.667. The predicted molar refractivity (Wildman–Crippen MR) is 114 cm³/mol. The Morgan fingerprint density at radius 3 is 2.46 bits per heavy atom. The van der Waals surface area contributed by atoms with Gasteiger partial charge in [0.1, 0.15) is 0 Å². The minimum Gasteiger partial charge on any atom is -0.493 e. The van der Waals surface area contributed by atoms with Gasteiger partial charge in [-0.05, 0) is 37.0 Å². The summed E-state index contributed by atoms with van der Waals surface area (Å²) in [5.74, 6) is 2.44. The molecule has 1 N–H and O–H groups in total. The van der Waals surface area contributed by atoms with Crippen LogP contribution in [0.3, 0.4) is 0 Å². The molecular formula is C21H36N4O3. The Bertz CT molecular complexity index is 620. The molecule has 0 aliphatic heterocycles. The van der Waals surface area contributed by atoms with Crippen molar-refractivity contribution < 1.29 is 14.2 Å². The second-order valence-electron chi connectivity index (χ2n) is 7.09. The lowest BCUT2D eigenvalue weighted by atomic mass is 10.1. The van der Waals surface area contributed by atoms with Crippen molar-refractivity contribution in [3.63, 3.8) is 0 Å². The SMILES string of the molecule is CN=C(NCCN(CCOC)C1CC1)N(C)CCc1ccc(OC)c(OC)c1. The molecule has 0 saturated heterocycles. The average molecular weight is 393 g/mol. The molecule has 0 heterocycles. The van der Waals surface area contributed by atoms with Crippen LogP contribution in [0.5, 0.6) is 11.5 Å². The van der Waals surface area contributed by atoms with Crippen LogP contribution >= 0.6 is 0 Å². The monoisotopic (exact) mass is 392 g/mol. The Hall–Kier alpha value is -1.99. The van der Waals surface area contributed by atoms with Crippen LogP contribution in [0.4, 0.5) is 0 Å². The van der Waals surface area contributed by atoms with Crippen LogP contribution in [0, 0.1) is 0 Å². The Balaban J connectivity index is 1.78. The van der Waals surface area contributed by atoms with Crippen LogP contribution in [-0.4, -0.2) is 90.0 Å². The molecule has 7 heteroatoms. The van der Waals surface area contributed by atoms with Gasteiger partial charge < -0.3 is 24.4 Å². The molecule has 28 heavy (non-hydrogen) atoms. The summed E-state index contributed by atoms with van der Waals surface area (Å²) in [6, 6.07) is 6.80. The molecular weight excluding hydrogens is 356 g/mol. The maximum Gasteiger partial charge on any atom is 0.193 e. The second-order valence-corrected chi connectivity index (χ2v) is 7.09. The van der Waals surface area contributed by atoms with Gasteiger partial charge in [0, 0.05) is 53.4 Å². The average Bonchev–Trinajstić information content (AvgIpc) is 3.56. The van der Waals surface area contributed by atoms with Crippen LogP contribution in [0.25, 0.3) is 0 Å². The topological polar surface area (TPSA) is 58.6 Å². The Morgan fingerprint density at radius 1 is 1.11 bits per heavy atom. The highest BCUT2D eigenvalue weighted by atomic mass is 16.5. The fourth-order valence-electron chi connectivity index (χ4n) is 3.26. The van der Waals surface area contributed by atoms with Crippen molar-refractivity contribution in [1.29, 1.82) is 0 Å². The predicted octanol–water partition coefficient (Wildman–Crippen LogP) is 1.86. The summed E-state index contributed by atoms with van der Waals surface area (Å²) in [6.45, 7) is 4.54. The summed E-state index contributed by atoms with van der Waals surface area (Å²) in [4.78, 5) is 9.09. The second kappa shape index (κ2) is 11.8. The number of aliphatic imine (C=N–C) groups is 1. The largest absolute Gasteiger partial charge is 0.493 e. The highest BCUT2D eigenvalue weighted by Crippen LogP contribution is 2.28. The van der Waals surface area contributed by atoms with Gasteiger partial charge in [-0.3, -0.25) is 9.89 Å². The van der Waals surface area contributed by atoms with Gasteiger partial charge in [-0.1, -0.05) is 6.07 Å². The standard InChI is InChI=1S/C21H36N4O3/c1-22-21(23-11-13-25(14-15-26-3)18-7-8-18)24(2)12-10-17-6-9-19(27-4)20(16-17)28-5/h6,9,16,18H,7-8,10-15H2,1-5H3,(H,22,23). The first kappa shape index (κ1) is 22.3. The summed E-state index contributed by atoms with van der Waals surface area (Å²) in [5.41, 5.74) is 1.21. The molecule has 7 nitrogen and oxygen atoms in total. The first-order valence-corrected chi connectivity index (χ1v) is 9.98. The molecule has 1 aromatic carbocycles. The van der Waals surface area contributed by atoms with E-state index in [2.05, 4.69) is 33.2 Å². The van der Waals surface area contributed by atoms with Gasteiger partial charge in [-0.2, -0.15) is 0 Å². The van der Waals surface area contributed by atoms with Crippen molar-refractivity contribution in [2.75, 3.05) is 68.2 Å². The van der Waals surface area contributed by atoms with Crippen LogP contribution < -0.4 is 14.8 Å². The smallest absolute Gasteiger partial charge is 0.193 e. The normalized spacial score (nSPS) is 14.3. The molecule has 0 atom stereocenters. The number of guanidine groups is 1. The minimum absolute atomic E-state index is 0.738. The first-order chi connectivity index (χ1) is 13.6. The van der Waals surface area contributed by atoms with Crippen molar-refractivity contribution in [1.82, 2.24) is 15.1 Å². The third-order valence-electron chi connectivity index (χ3n) is 5.09. The van der Waals surface area contributed by atoms with E-state index in [0.29, 0.717) is 0 Å². The first-order valence-electron chi connectivity index (χ1n) is 9.98. The number of hydrogen-bond acceptors (Lipinski definition) is 5. The lowest BCUT2D eigenvalue weighted by Gasteiger charge is -2.25. The van der Waals surface area contributed by atoms with Crippen LogP contribution in [-0.2, 0) is 11.2 Å². The van der Waals surface area contributed by atoms with Gasteiger partial charge in [0.25, 0.3) is 0 Å². The van der Waals surface area contributed by atoms with Crippen LogP contribution in [0.2, 0.25) is 0 Å². The molecule has 1 aromatic rings. The number of hydrogen-bond donors (Lipinski definition) is 1. The zero-order chi connectivity index (χ0) is 20.4. The summed E-state index contributed by atoms with van der Waals surface area (Å²) >= 11 is 0. The van der Waals surface area contributed by atoms with Gasteiger partial charge in [0.2, 0.25) is 0 Å². The number of nitrogens with one attached hydrogen (secondary N) is 1. The van der Waals surface area contributed by atoms with Crippen molar-refractivity contribution in [3.8, 4) is 11.5 Å². The fourth-order valence-corrected chi connectivity index (χ4v) is 3.26. The van der Waals surface area contributed by atoms with Crippen molar-refractivity contribution in [2.24, 2.45) is 4.99 Å². The number of ether oxygens (including phenoxy) is 3. The Morgan fingerprint density at radius 2 is 1.86 bits per heavy atom. The summed E-state index contributed by atoms with van der Waals surface area (Å²) in [7, 11) is 8.98. The number of methoxy groups -OCH3 is 3. The molecule has 0 amide bonds. The summed E-state index contributed by atoms with van der Waals surface area (Å²) < 4.78 is 15.9. The molecule has 1 aliphatic carbocycles. The molecule has 0 bridgehead atoms. The lowest BCUT2D eigenvalue weighted by molar-refractivity contribution is 0.144. The van der Waals surface area contributed by atoms with Gasteiger partial charge >= 0.3 is 0 Å². The van der Waals surface area contributed by atoms with E-state index < -0.39 is 0 Å². The quantitative estimate of drug-likeness (QED) is 0.433. The highest BCUT2D eigenvalue weighted by molar-refractivity contribution is 5.79. The Labute approximate surface area is 169 Å². The molecule has 0 radical (unpaired) electrons. The number of benzene rings is 1. The molecule has 1 fully saturated rings. The molecule has 0 aromatic heterocycles. The van der Waals surface area contributed by atoms with E-state index >= 15 is 0 Å². The van der Waals surface area contributed by atoms with E-state index in [4.69, 9.17) is 14.2 Å². The van der Waals surface area contributed by atoms with Crippen molar-refractivity contribution >= 4 is 5.96 Å². The van der Waals surface area contributed by atoms with E-state index in [9.17, 15) is 0 Å². The van der Waals surface area contributed by atoms with E-state index in [1.807, 2.05) is 19.2 Å². The molecule has 2 rings (SSSR count). The Kier molecular flexibility index (Phi) is 9.37. The lowest BCUT2D eigenvalue weighted by Crippen LogP contribution is -2.44. The number of nitrogens with zero attached hydrogens (tertiary/aromatic N) is 3. The van der Waals surface area contributed by atoms with Gasteiger partial charge in [0.05, 0.1) is 20.8 Å². The van der Waals surface area contributed by atoms with Crippen molar-refractivity contribution in [3.05, 3.63) is 23.8 Å². The van der Waals surface area contributed by atoms with E-state index in [-0.39, 0.29) is 0 Å². The zero-order valence-electron chi connectivity index (χ0n) is 18.0. The van der Waals surface area contributed by atoms with Gasteiger partial charge in [0.15, 0.2) is 17.5 Å². The maximum absolute atomic E-state index is 5.39. The molecule has 1 saturated carbocycles. The van der Waals surface area contributed by atoms with E-state index in [1.165, 1.54) is 18.4 Å². The maximum atomic E-state index is 5.39. The van der Waals surface area contributed by atoms with Crippen LogP contribution in [0.1, 0.15) is 18.4 Å². The van der Waals surface area contributed by atoms with Crippen LogP contribution in [0.15, 0.2) is 23.2 Å². The molecule has 158 valence electrons. The molecule has 0 unspecified atom stereocenters. The molecule has 0 spiro atoms. The van der Waals surface area contributed by atoms with Crippen molar-refractivity contribution in [2.45, 2.75) is 25.3 Å². The zero-order valence-corrected chi connectivity index (χ0v) is 18.0. The van der Waals surface area contributed by atoms with Gasteiger partial charge in [-0.25, -0.2) is 0 Å². The highest BCUT2D eigenvalue weighted by Gasteiger charge is 2.28. The summed E-state index contributed by atoms with van der Waals surface area (Å²) in [5, 5.41) is 3.48. The minimum atomic E-state index is 0.738. The van der Waals surface area contributed by atoms with E-state index in [0.717, 1.165) is 62.7 Å². The number of rotatable bonds is 12. The van der Waals surface area contributed by atoms with E-state index in [1.54, 1.807) is 21.3 Å². The molecule has 1 aliphatic rings. The third-order valence-corrected chi connectivity index (χ3v) is 5.09. The summed E-state index contributed by atoms with van der Waals surface area (Å²) in [6.07, 6.45) is 3.52. The van der Waals surface area contributed by atoms with Gasteiger partial charge in [-0.15, -0.1) is 0 Å². The third kappa shape index (κ3) is 6.87. The number of likely N-dealkylation sites (N-methyl/N-ethyl adjacent to an activating group) is 1.